The van der Waals surface area contributed by atoms with Gasteiger partial charge in [-0.05, 0) is 17.0 Å². The van der Waals surface area contributed by atoms with Gasteiger partial charge in [0.05, 0.1) is 7.11 Å². The number of phenols is 1. The summed E-state index contributed by atoms with van der Waals surface area (Å²) in [5.74, 6) is 0.984. The maximum atomic E-state index is 9.68. The molecule has 0 aliphatic rings. The second kappa shape index (κ2) is 8.24. The van der Waals surface area contributed by atoms with E-state index in [4.69, 9.17) is 4.74 Å². The predicted octanol–water partition coefficient (Wildman–Crippen LogP) is 3.54. The molecule has 0 saturated heterocycles. The van der Waals surface area contributed by atoms with Crippen LogP contribution in [-0.2, 0) is 27.1 Å². The maximum Gasteiger partial charge on any atom is 0.122 e. The molecule has 2 nitrogen and oxygen atoms in total. The monoisotopic (exact) mass is 300 g/mol. The van der Waals surface area contributed by atoms with Gasteiger partial charge < -0.3 is 9.84 Å². The molecule has 92 valence electrons. The van der Waals surface area contributed by atoms with Crippen LogP contribution in [0.4, 0.5) is 0 Å². The molecule has 0 atom stereocenters. The van der Waals surface area contributed by atoms with Gasteiger partial charge in [-0.1, -0.05) is 26.8 Å². The Morgan fingerprint density at radius 1 is 1.12 bits per heavy atom. The van der Waals surface area contributed by atoms with Crippen LogP contribution >= 0.6 is 24.8 Å². The number of aromatic hydroxyl groups is 1. The Labute approximate surface area is 124 Å². The van der Waals surface area contributed by atoms with Gasteiger partial charge in [-0.2, -0.15) is 0 Å². The van der Waals surface area contributed by atoms with E-state index in [9.17, 15) is 5.11 Å². The first kappa shape index (κ1) is 21.4. The summed E-state index contributed by atoms with van der Waals surface area (Å²) in [5, 5.41) is 9.68. The van der Waals surface area contributed by atoms with Crippen LogP contribution in [0.3, 0.4) is 0 Å². The van der Waals surface area contributed by atoms with E-state index < -0.39 is 0 Å². The minimum Gasteiger partial charge on any atom is -0.508 e. The van der Waals surface area contributed by atoms with E-state index in [0.29, 0.717) is 11.5 Å². The molecule has 0 heterocycles. The van der Waals surface area contributed by atoms with Gasteiger partial charge in [0, 0.05) is 27.8 Å². The summed E-state index contributed by atoms with van der Waals surface area (Å²) in [6.45, 7) is 6.19. The van der Waals surface area contributed by atoms with E-state index in [0.717, 1.165) is 5.56 Å². The number of methoxy groups -OCH3 is 1. The van der Waals surface area contributed by atoms with Gasteiger partial charge in [0.2, 0.25) is 0 Å². The summed E-state index contributed by atoms with van der Waals surface area (Å²) >= 11 is 0. The van der Waals surface area contributed by atoms with Crippen LogP contribution in [0.15, 0.2) is 18.2 Å². The Kier molecular flexibility index (Phi) is 11.0. The van der Waals surface area contributed by atoms with Crippen molar-refractivity contribution < 1.29 is 31.6 Å². The minimum atomic E-state index is -0.0314. The smallest absolute Gasteiger partial charge is 0.122 e. The van der Waals surface area contributed by atoms with Crippen molar-refractivity contribution in [3.8, 4) is 11.5 Å². The summed E-state index contributed by atoms with van der Waals surface area (Å²) in [7, 11) is 1.59. The number of halogens is 2. The topological polar surface area (TPSA) is 29.5 Å². The van der Waals surface area contributed by atoms with Gasteiger partial charge in [-0.25, -0.2) is 0 Å². The molecule has 0 unspecified atom stereocenters. The number of ether oxygens (including phenoxy) is 1. The molecule has 0 aromatic heterocycles. The average Bonchev–Trinajstić information content (AvgIpc) is 2.01. The molecule has 0 aliphatic carbocycles. The first-order chi connectivity index (χ1) is 5.95. The van der Waals surface area contributed by atoms with E-state index in [2.05, 4.69) is 20.8 Å². The first-order valence-electron chi connectivity index (χ1n) is 4.32. The zero-order chi connectivity index (χ0) is 10.1. The van der Waals surface area contributed by atoms with E-state index in [1.807, 2.05) is 12.1 Å². The van der Waals surface area contributed by atoms with Crippen LogP contribution in [0.2, 0.25) is 0 Å². The Balaban J connectivity index is -0.000000563. The van der Waals surface area contributed by atoms with Crippen molar-refractivity contribution >= 4 is 24.8 Å². The van der Waals surface area contributed by atoms with Gasteiger partial charge in [-0.3, -0.25) is 0 Å². The Morgan fingerprint density at radius 2 is 1.62 bits per heavy atom. The van der Waals surface area contributed by atoms with Crippen molar-refractivity contribution in [1.29, 1.82) is 0 Å². The summed E-state index contributed by atoms with van der Waals surface area (Å²) in [4.78, 5) is 0. The van der Waals surface area contributed by atoms with Crippen molar-refractivity contribution in [1.82, 2.24) is 0 Å². The average molecular weight is 301 g/mol. The molecular formula is C11H18Cl2O2Ti. The van der Waals surface area contributed by atoms with Crippen LogP contribution in [-0.4, -0.2) is 12.2 Å². The van der Waals surface area contributed by atoms with E-state index >= 15 is 0 Å². The van der Waals surface area contributed by atoms with Crippen LogP contribution < -0.4 is 4.74 Å². The van der Waals surface area contributed by atoms with Crippen molar-refractivity contribution in [2.24, 2.45) is 0 Å². The fourth-order valence-electron chi connectivity index (χ4n) is 1.27. The summed E-state index contributed by atoms with van der Waals surface area (Å²) in [6.07, 6.45) is 0. The van der Waals surface area contributed by atoms with Gasteiger partial charge in [0.25, 0.3) is 0 Å². The van der Waals surface area contributed by atoms with E-state index in [1.165, 1.54) is 0 Å². The normalized spacial score (nSPS) is 9.25. The van der Waals surface area contributed by atoms with Crippen LogP contribution in [0.25, 0.3) is 0 Å². The minimum absolute atomic E-state index is 0. The quantitative estimate of drug-likeness (QED) is 0.804. The molecule has 0 aliphatic heterocycles. The molecule has 0 amide bonds. The van der Waals surface area contributed by atoms with Crippen LogP contribution in [0.1, 0.15) is 26.3 Å². The third kappa shape index (κ3) is 5.44. The van der Waals surface area contributed by atoms with Gasteiger partial charge in [-0.15, -0.1) is 24.8 Å². The van der Waals surface area contributed by atoms with Crippen LogP contribution in [0.5, 0.6) is 11.5 Å². The zero-order valence-electron chi connectivity index (χ0n) is 9.90. The number of hydrogen-bond donors (Lipinski definition) is 1. The molecule has 0 spiro atoms. The molecular weight excluding hydrogens is 283 g/mol. The van der Waals surface area contributed by atoms with Crippen molar-refractivity contribution in [2.45, 2.75) is 26.2 Å². The molecule has 0 bridgehead atoms. The molecule has 16 heavy (non-hydrogen) atoms. The molecule has 1 N–H and O–H groups in total. The van der Waals surface area contributed by atoms with Crippen LogP contribution in [0, 0.1) is 0 Å². The van der Waals surface area contributed by atoms with Gasteiger partial charge >= 0.3 is 0 Å². The Morgan fingerprint density at radius 3 is 1.94 bits per heavy atom. The van der Waals surface area contributed by atoms with E-state index in [-0.39, 0.29) is 51.9 Å². The third-order valence-electron chi connectivity index (χ3n) is 2.01. The SMILES string of the molecule is COc1ccc(C(C)(C)C)c(O)c1.Cl.Cl.[Ti]. The summed E-state index contributed by atoms with van der Waals surface area (Å²) < 4.78 is 5.00. The van der Waals surface area contributed by atoms with Gasteiger partial charge in [0.15, 0.2) is 0 Å². The number of benzene rings is 1. The Bertz CT molecular complexity index is 311. The Hall–Kier alpha value is 0.114. The molecule has 5 heteroatoms. The summed E-state index contributed by atoms with van der Waals surface area (Å²) in [5.41, 5.74) is 0.907. The van der Waals surface area contributed by atoms with Gasteiger partial charge in [0.1, 0.15) is 11.5 Å². The number of rotatable bonds is 1. The standard InChI is InChI=1S/C11H16O2.2ClH.Ti/c1-11(2,3)9-6-5-8(13-4)7-10(9)12;;;/h5-7,12H,1-4H3;2*1H;. The summed E-state index contributed by atoms with van der Waals surface area (Å²) in [6, 6.07) is 5.40. The van der Waals surface area contributed by atoms with Crippen molar-refractivity contribution in [3.63, 3.8) is 0 Å². The number of hydrogen-bond acceptors (Lipinski definition) is 2. The molecule has 0 saturated carbocycles. The largest absolute Gasteiger partial charge is 0.508 e. The second-order valence-electron chi connectivity index (χ2n) is 4.13. The van der Waals surface area contributed by atoms with Crippen molar-refractivity contribution in [2.75, 3.05) is 7.11 Å². The molecule has 1 aromatic carbocycles. The third-order valence-corrected chi connectivity index (χ3v) is 2.01. The second-order valence-corrected chi connectivity index (χ2v) is 4.13. The predicted molar refractivity (Wildman–Crippen MR) is 67.9 cm³/mol. The molecule has 0 radical (unpaired) electrons. The molecule has 1 rings (SSSR count). The fourth-order valence-corrected chi connectivity index (χ4v) is 1.27. The molecule has 0 fully saturated rings. The van der Waals surface area contributed by atoms with E-state index in [1.54, 1.807) is 13.2 Å². The first-order valence-corrected chi connectivity index (χ1v) is 4.32. The number of phenolic OH excluding ortho intramolecular Hbond substituents is 1. The fraction of sp³-hybridized carbons (Fsp3) is 0.455. The maximum absolute atomic E-state index is 9.68. The molecule has 1 aromatic rings. The van der Waals surface area contributed by atoms with Crippen molar-refractivity contribution in [3.05, 3.63) is 23.8 Å². The zero-order valence-corrected chi connectivity index (χ0v) is 13.1.